The largest absolute Gasteiger partial charge is 0.293 e. The van der Waals surface area contributed by atoms with Crippen LogP contribution < -0.4 is 0 Å². The third kappa shape index (κ3) is 2.79. The summed E-state index contributed by atoms with van der Waals surface area (Å²) in [6.07, 6.45) is 4.42. The molecular formula is C14H20ClN5. The Morgan fingerprint density at radius 2 is 2.15 bits per heavy atom. The number of hydrogen-bond donors (Lipinski definition) is 0. The fraction of sp³-hybridized carbons (Fsp3) is 0.643. The van der Waals surface area contributed by atoms with Crippen molar-refractivity contribution in [2.45, 2.75) is 39.3 Å². The molecular weight excluding hydrogens is 274 g/mol. The fourth-order valence-corrected chi connectivity index (χ4v) is 2.60. The molecule has 0 atom stereocenters. The molecule has 1 saturated carbocycles. The van der Waals surface area contributed by atoms with Gasteiger partial charge < -0.3 is 0 Å². The summed E-state index contributed by atoms with van der Waals surface area (Å²) in [7, 11) is 1.87. The summed E-state index contributed by atoms with van der Waals surface area (Å²) in [4.78, 5) is 11.5. The van der Waals surface area contributed by atoms with E-state index < -0.39 is 0 Å². The zero-order valence-corrected chi connectivity index (χ0v) is 12.9. The first kappa shape index (κ1) is 13.8. The molecule has 2 aromatic rings. The molecule has 0 aliphatic heterocycles. The van der Waals surface area contributed by atoms with Crippen molar-refractivity contribution in [2.75, 3.05) is 6.54 Å². The fourth-order valence-electron chi connectivity index (χ4n) is 2.37. The Balaban J connectivity index is 1.86. The first-order valence-corrected chi connectivity index (χ1v) is 7.50. The second-order valence-electron chi connectivity index (χ2n) is 5.90. The van der Waals surface area contributed by atoms with E-state index in [0.29, 0.717) is 11.2 Å². The van der Waals surface area contributed by atoms with Gasteiger partial charge in [0.25, 0.3) is 0 Å². The Hall–Kier alpha value is -1.20. The molecule has 1 aliphatic carbocycles. The molecule has 5 nitrogen and oxygen atoms in total. The van der Waals surface area contributed by atoms with Gasteiger partial charge in [-0.15, -0.1) is 0 Å². The third-order valence-corrected chi connectivity index (χ3v) is 4.14. The molecule has 2 heterocycles. The van der Waals surface area contributed by atoms with E-state index in [1.165, 1.54) is 12.8 Å². The van der Waals surface area contributed by atoms with Gasteiger partial charge in [-0.25, -0.2) is 9.97 Å². The predicted molar refractivity (Wildman–Crippen MR) is 79.6 cm³/mol. The van der Waals surface area contributed by atoms with E-state index in [-0.39, 0.29) is 0 Å². The second-order valence-corrected chi connectivity index (χ2v) is 6.26. The van der Waals surface area contributed by atoms with E-state index in [9.17, 15) is 0 Å². The van der Waals surface area contributed by atoms with Crippen LogP contribution in [0.4, 0.5) is 0 Å². The summed E-state index contributed by atoms with van der Waals surface area (Å²) in [5, 5.41) is 5.50. The lowest BCUT2D eigenvalue weighted by Gasteiger charge is -2.25. The van der Waals surface area contributed by atoms with E-state index in [4.69, 9.17) is 11.6 Å². The SMILES string of the molecule is CC(C)N(Cc1nc(Cl)c2cnn(C)c2n1)CC1CC1. The highest BCUT2D eigenvalue weighted by molar-refractivity contribution is 6.33. The molecule has 0 spiro atoms. The van der Waals surface area contributed by atoms with Gasteiger partial charge >= 0.3 is 0 Å². The van der Waals surface area contributed by atoms with Gasteiger partial charge in [-0.05, 0) is 32.6 Å². The van der Waals surface area contributed by atoms with Crippen molar-refractivity contribution < 1.29 is 0 Å². The molecule has 0 amide bonds. The maximum Gasteiger partial charge on any atom is 0.162 e. The average Bonchev–Trinajstić information content (AvgIpc) is 3.12. The lowest BCUT2D eigenvalue weighted by atomic mass is 10.2. The van der Waals surface area contributed by atoms with E-state index in [1.807, 2.05) is 7.05 Å². The summed E-state index contributed by atoms with van der Waals surface area (Å²) in [6.45, 7) is 6.30. The number of fused-ring (bicyclic) bond motifs is 1. The summed E-state index contributed by atoms with van der Waals surface area (Å²) in [6, 6.07) is 0.486. The minimum absolute atomic E-state index is 0.486. The quantitative estimate of drug-likeness (QED) is 0.795. The summed E-state index contributed by atoms with van der Waals surface area (Å²) in [5.41, 5.74) is 0.801. The maximum absolute atomic E-state index is 6.23. The smallest absolute Gasteiger partial charge is 0.162 e. The molecule has 1 fully saturated rings. The van der Waals surface area contributed by atoms with E-state index in [0.717, 1.165) is 35.9 Å². The van der Waals surface area contributed by atoms with Gasteiger partial charge in [0, 0.05) is 19.6 Å². The van der Waals surface area contributed by atoms with Crippen LogP contribution >= 0.6 is 11.6 Å². The molecule has 0 N–H and O–H groups in total. The molecule has 3 rings (SSSR count). The molecule has 0 aromatic carbocycles. The molecule has 0 radical (unpaired) electrons. The number of hydrogen-bond acceptors (Lipinski definition) is 4. The normalized spacial score (nSPS) is 15.7. The Morgan fingerprint density at radius 1 is 1.40 bits per heavy atom. The first-order chi connectivity index (χ1) is 9.54. The number of rotatable bonds is 5. The van der Waals surface area contributed by atoms with Crippen LogP contribution in [0.2, 0.25) is 5.15 Å². The molecule has 1 aliphatic rings. The molecule has 0 bridgehead atoms. The Kier molecular flexibility index (Phi) is 3.65. The van der Waals surface area contributed by atoms with Crippen LogP contribution in [-0.2, 0) is 13.6 Å². The molecule has 6 heteroatoms. The van der Waals surface area contributed by atoms with Crippen molar-refractivity contribution in [3.05, 3.63) is 17.2 Å². The van der Waals surface area contributed by atoms with Crippen molar-refractivity contribution in [2.24, 2.45) is 13.0 Å². The van der Waals surface area contributed by atoms with Gasteiger partial charge in [0.05, 0.1) is 18.1 Å². The van der Waals surface area contributed by atoms with Crippen molar-refractivity contribution in [3.63, 3.8) is 0 Å². The van der Waals surface area contributed by atoms with Crippen LogP contribution in [0.25, 0.3) is 11.0 Å². The highest BCUT2D eigenvalue weighted by Crippen LogP contribution is 2.30. The second kappa shape index (κ2) is 5.30. The molecule has 2 aromatic heterocycles. The van der Waals surface area contributed by atoms with Crippen molar-refractivity contribution in [3.8, 4) is 0 Å². The number of halogens is 1. The van der Waals surface area contributed by atoms with Gasteiger partial charge in [-0.1, -0.05) is 11.6 Å². The molecule has 0 saturated heterocycles. The van der Waals surface area contributed by atoms with Crippen LogP contribution in [-0.4, -0.2) is 37.2 Å². The van der Waals surface area contributed by atoms with Crippen LogP contribution in [0.5, 0.6) is 0 Å². The zero-order chi connectivity index (χ0) is 14.3. The number of aryl methyl sites for hydroxylation is 1. The minimum atomic E-state index is 0.486. The Bertz CT molecular complexity index is 617. The van der Waals surface area contributed by atoms with Gasteiger partial charge in [-0.2, -0.15) is 5.10 Å². The summed E-state index contributed by atoms with van der Waals surface area (Å²) in [5.74, 6) is 1.63. The first-order valence-electron chi connectivity index (χ1n) is 7.12. The van der Waals surface area contributed by atoms with Crippen LogP contribution in [0.15, 0.2) is 6.20 Å². The highest BCUT2D eigenvalue weighted by Gasteiger charge is 2.26. The van der Waals surface area contributed by atoms with Gasteiger partial charge in [0.2, 0.25) is 0 Å². The lowest BCUT2D eigenvalue weighted by Crippen LogP contribution is -2.33. The zero-order valence-electron chi connectivity index (χ0n) is 12.2. The van der Waals surface area contributed by atoms with E-state index in [1.54, 1.807) is 10.9 Å². The Morgan fingerprint density at radius 3 is 2.80 bits per heavy atom. The van der Waals surface area contributed by atoms with Crippen molar-refractivity contribution in [1.82, 2.24) is 24.6 Å². The number of nitrogens with zero attached hydrogens (tertiary/aromatic N) is 5. The van der Waals surface area contributed by atoms with Crippen LogP contribution in [0.1, 0.15) is 32.5 Å². The predicted octanol–water partition coefficient (Wildman–Crippen LogP) is 2.64. The Labute approximate surface area is 124 Å². The maximum atomic E-state index is 6.23. The third-order valence-electron chi connectivity index (χ3n) is 3.86. The number of aromatic nitrogens is 4. The van der Waals surface area contributed by atoms with Crippen molar-refractivity contribution >= 4 is 22.6 Å². The standard InChI is InChI=1S/C14H20ClN5/c1-9(2)20(7-10-4-5-10)8-12-17-13(15)11-6-16-19(3)14(11)18-12/h6,9-10H,4-5,7-8H2,1-3H3. The van der Waals surface area contributed by atoms with Crippen LogP contribution in [0.3, 0.4) is 0 Å². The summed E-state index contributed by atoms with van der Waals surface area (Å²) >= 11 is 6.23. The van der Waals surface area contributed by atoms with E-state index >= 15 is 0 Å². The van der Waals surface area contributed by atoms with Gasteiger partial charge in [0.1, 0.15) is 11.0 Å². The summed E-state index contributed by atoms with van der Waals surface area (Å²) < 4.78 is 1.74. The monoisotopic (exact) mass is 293 g/mol. The molecule has 0 unspecified atom stereocenters. The van der Waals surface area contributed by atoms with Gasteiger partial charge in [-0.3, -0.25) is 9.58 Å². The molecule has 108 valence electrons. The minimum Gasteiger partial charge on any atom is -0.293 e. The average molecular weight is 294 g/mol. The van der Waals surface area contributed by atoms with Crippen molar-refractivity contribution in [1.29, 1.82) is 0 Å². The molecule has 20 heavy (non-hydrogen) atoms. The van der Waals surface area contributed by atoms with Crippen LogP contribution in [0, 0.1) is 5.92 Å². The highest BCUT2D eigenvalue weighted by atomic mass is 35.5. The topological polar surface area (TPSA) is 46.8 Å². The van der Waals surface area contributed by atoms with E-state index in [2.05, 4.69) is 33.8 Å². The van der Waals surface area contributed by atoms with Gasteiger partial charge in [0.15, 0.2) is 5.65 Å². The lowest BCUT2D eigenvalue weighted by molar-refractivity contribution is 0.199.